The van der Waals surface area contributed by atoms with Crippen LogP contribution in [0.2, 0.25) is 0 Å². The van der Waals surface area contributed by atoms with Crippen LogP contribution in [0.1, 0.15) is 24.5 Å². The highest BCUT2D eigenvalue weighted by Crippen LogP contribution is 2.36. The Bertz CT molecular complexity index is 351. The molecular formula is C13H19NO. The number of aryl methyl sites for hydroxylation is 1. The van der Waals surface area contributed by atoms with Gasteiger partial charge in [-0.3, -0.25) is 0 Å². The van der Waals surface area contributed by atoms with Crippen LogP contribution in [0.25, 0.3) is 0 Å². The molecule has 2 atom stereocenters. The Kier molecular flexibility index (Phi) is 2.57. The van der Waals surface area contributed by atoms with Crippen molar-refractivity contribution in [3.8, 4) is 0 Å². The lowest BCUT2D eigenvalue weighted by Crippen LogP contribution is -2.30. The SMILES string of the molecule is Cc1ccccc1C1(O)CC(C)N(C)C1. The van der Waals surface area contributed by atoms with Crippen LogP contribution in [0, 0.1) is 6.92 Å². The van der Waals surface area contributed by atoms with Gasteiger partial charge >= 0.3 is 0 Å². The van der Waals surface area contributed by atoms with Crippen molar-refractivity contribution in [3.63, 3.8) is 0 Å². The molecule has 1 saturated heterocycles. The number of nitrogens with zero attached hydrogens (tertiary/aromatic N) is 1. The maximum Gasteiger partial charge on any atom is 0.104 e. The lowest BCUT2D eigenvalue weighted by Gasteiger charge is -2.24. The van der Waals surface area contributed by atoms with Gasteiger partial charge in [0.05, 0.1) is 0 Å². The number of β-amino-alcohol motifs (C(OH)–C–C–N with tert-alkyl or cyclic N) is 1. The van der Waals surface area contributed by atoms with Crippen LogP contribution >= 0.6 is 0 Å². The average Bonchev–Trinajstić information content (AvgIpc) is 2.42. The largest absolute Gasteiger partial charge is 0.384 e. The summed E-state index contributed by atoms with van der Waals surface area (Å²) < 4.78 is 0. The van der Waals surface area contributed by atoms with Gasteiger partial charge in [0.2, 0.25) is 0 Å². The molecule has 0 spiro atoms. The third-order valence-electron chi connectivity index (χ3n) is 3.54. The first kappa shape index (κ1) is 10.7. The molecule has 0 bridgehead atoms. The van der Waals surface area contributed by atoms with Gasteiger partial charge in [0.15, 0.2) is 0 Å². The molecule has 1 heterocycles. The predicted molar refractivity (Wildman–Crippen MR) is 61.8 cm³/mol. The molecule has 0 radical (unpaired) electrons. The molecule has 0 saturated carbocycles. The van der Waals surface area contributed by atoms with E-state index in [9.17, 15) is 5.11 Å². The van der Waals surface area contributed by atoms with Crippen molar-refractivity contribution in [1.29, 1.82) is 0 Å². The first-order valence-electron chi connectivity index (χ1n) is 5.52. The minimum absolute atomic E-state index is 0.453. The topological polar surface area (TPSA) is 23.5 Å². The number of aliphatic hydroxyl groups is 1. The number of likely N-dealkylation sites (N-methyl/N-ethyl adjacent to an activating group) is 1. The molecule has 15 heavy (non-hydrogen) atoms. The van der Waals surface area contributed by atoms with Crippen LogP contribution in [0.5, 0.6) is 0 Å². The maximum absolute atomic E-state index is 10.6. The molecule has 1 aromatic carbocycles. The Balaban J connectivity index is 2.35. The van der Waals surface area contributed by atoms with Gasteiger partial charge in [0, 0.05) is 12.6 Å². The van der Waals surface area contributed by atoms with Crippen molar-refractivity contribution in [2.75, 3.05) is 13.6 Å². The summed E-state index contributed by atoms with van der Waals surface area (Å²) in [6.07, 6.45) is 0.828. The lowest BCUT2D eigenvalue weighted by atomic mass is 9.88. The van der Waals surface area contributed by atoms with E-state index in [4.69, 9.17) is 0 Å². The molecule has 82 valence electrons. The second kappa shape index (κ2) is 3.62. The monoisotopic (exact) mass is 205 g/mol. The molecule has 2 heteroatoms. The van der Waals surface area contributed by atoms with Crippen molar-refractivity contribution < 1.29 is 5.11 Å². The van der Waals surface area contributed by atoms with Crippen LogP contribution < -0.4 is 0 Å². The molecule has 2 nitrogen and oxygen atoms in total. The summed E-state index contributed by atoms with van der Waals surface area (Å²) in [6, 6.07) is 8.58. The van der Waals surface area contributed by atoms with E-state index in [0.29, 0.717) is 6.04 Å². The van der Waals surface area contributed by atoms with Gasteiger partial charge in [-0.1, -0.05) is 24.3 Å². The van der Waals surface area contributed by atoms with Crippen LogP contribution in [-0.4, -0.2) is 29.6 Å². The molecule has 0 aliphatic carbocycles. The Morgan fingerprint density at radius 3 is 2.60 bits per heavy atom. The smallest absolute Gasteiger partial charge is 0.104 e. The maximum atomic E-state index is 10.6. The Morgan fingerprint density at radius 2 is 2.07 bits per heavy atom. The van der Waals surface area contributed by atoms with Crippen LogP contribution in [0.4, 0.5) is 0 Å². The number of likely N-dealkylation sites (tertiary alicyclic amines) is 1. The number of hydrogen-bond donors (Lipinski definition) is 1. The van der Waals surface area contributed by atoms with Gasteiger partial charge in [-0.2, -0.15) is 0 Å². The van der Waals surface area contributed by atoms with E-state index in [0.717, 1.165) is 18.5 Å². The quantitative estimate of drug-likeness (QED) is 0.757. The Morgan fingerprint density at radius 1 is 1.40 bits per heavy atom. The number of hydrogen-bond acceptors (Lipinski definition) is 2. The molecule has 2 unspecified atom stereocenters. The third-order valence-corrected chi connectivity index (χ3v) is 3.54. The first-order chi connectivity index (χ1) is 7.03. The van der Waals surface area contributed by atoms with Crippen LogP contribution in [0.3, 0.4) is 0 Å². The first-order valence-corrected chi connectivity index (χ1v) is 5.52. The van der Waals surface area contributed by atoms with Crippen molar-refractivity contribution in [2.24, 2.45) is 0 Å². The fourth-order valence-corrected chi connectivity index (χ4v) is 2.57. The highest BCUT2D eigenvalue weighted by Gasteiger charge is 2.40. The van der Waals surface area contributed by atoms with E-state index in [1.54, 1.807) is 0 Å². The lowest BCUT2D eigenvalue weighted by molar-refractivity contribution is 0.0479. The number of benzene rings is 1. The van der Waals surface area contributed by atoms with Crippen molar-refractivity contribution >= 4 is 0 Å². The van der Waals surface area contributed by atoms with E-state index >= 15 is 0 Å². The molecule has 1 aliphatic rings. The summed E-state index contributed by atoms with van der Waals surface area (Å²) in [6.45, 7) is 4.96. The van der Waals surface area contributed by atoms with Crippen molar-refractivity contribution in [3.05, 3.63) is 35.4 Å². The van der Waals surface area contributed by atoms with Gasteiger partial charge in [-0.15, -0.1) is 0 Å². The molecule has 1 fully saturated rings. The summed E-state index contributed by atoms with van der Waals surface area (Å²) in [5.41, 5.74) is 1.61. The van der Waals surface area contributed by atoms with Gasteiger partial charge in [0.1, 0.15) is 5.60 Å². The minimum Gasteiger partial charge on any atom is -0.384 e. The Hall–Kier alpha value is -0.860. The number of rotatable bonds is 1. The van der Waals surface area contributed by atoms with E-state index in [1.165, 1.54) is 5.56 Å². The molecule has 1 N–H and O–H groups in total. The summed E-state index contributed by atoms with van der Waals surface area (Å²) in [4.78, 5) is 2.21. The summed E-state index contributed by atoms with van der Waals surface area (Å²) in [7, 11) is 2.07. The predicted octanol–water partition coefficient (Wildman–Crippen LogP) is 1.91. The fourth-order valence-electron chi connectivity index (χ4n) is 2.57. The molecule has 1 aliphatic heterocycles. The highest BCUT2D eigenvalue weighted by atomic mass is 16.3. The van der Waals surface area contributed by atoms with E-state index in [2.05, 4.69) is 31.9 Å². The summed E-state index contributed by atoms with van der Waals surface area (Å²) >= 11 is 0. The summed E-state index contributed by atoms with van der Waals surface area (Å²) in [5, 5.41) is 10.6. The van der Waals surface area contributed by atoms with E-state index in [1.807, 2.05) is 18.2 Å². The standard InChI is InChI=1S/C13H19NO/c1-10-6-4-5-7-12(10)13(15)8-11(2)14(3)9-13/h4-7,11,15H,8-9H2,1-3H3. The minimum atomic E-state index is -0.653. The normalized spacial score (nSPS) is 32.1. The zero-order chi connectivity index (χ0) is 11.1. The second-order valence-electron chi connectivity index (χ2n) is 4.81. The van der Waals surface area contributed by atoms with Crippen molar-refractivity contribution in [2.45, 2.75) is 31.9 Å². The highest BCUT2D eigenvalue weighted by molar-refractivity contribution is 5.32. The second-order valence-corrected chi connectivity index (χ2v) is 4.81. The zero-order valence-electron chi connectivity index (χ0n) is 9.70. The zero-order valence-corrected chi connectivity index (χ0v) is 9.70. The van der Waals surface area contributed by atoms with E-state index in [-0.39, 0.29) is 0 Å². The third kappa shape index (κ3) is 1.80. The molecule has 0 aromatic heterocycles. The molecule has 0 amide bonds. The van der Waals surface area contributed by atoms with E-state index < -0.39 is 5.60 Å². The van der Waals surface area contributed by atoms with Gasteiger partial charge in [-0.05, 0) is 38.4 Å². The molecular weight excluding hydrogens is 186 g/mol. The van der Waals surface area contributed by atoms with Crippen LogP contribution in [-0.2, 0) is 5.60 Å². The fraction of sp³-hybridized carbons (Fsp3) is 0.538. The van der Waals surface area contributed by atoms with Crippen molar-refractivity contribution in [1.82, 2.24) is 4.90 Å². The molecule has 1 aromatic rings. The van der Waals surface area contributed by atoms with Gasteiger partial charge < -0.3 is 10.0 Å². The summed E-state index contributed by atoms with van der Waals surface area (Å²) in [5.74, 6) is 0. The van der Waals surface area contributed by atoms with Gasteiger partial charge in [0.25, 0.3) is 0 Å². The molecule has 2 rings (SSSR count). The van der Waals surface area contributed by atoms with Gasteiger partial charge in [-0.25, -0.2) is 0 Å². The average molecular weight is 205 g/mol. The Labute approximate surface area is 91.5 Å². The van der Waals surface area contributed by atoms with Crippen LogP contribution in [0.15, 0.2) is 24.3 Å².